The summed E-state index contributed by atoms with van der Waals surface area (Å²) in [5, 5.41) is 0. The first kappa shape index (κ1) is 18.7. The lowest BCUT2D eigenvalue weighted by atomic mass is 9.93. The highest BCUT2D eigenvalue weighted by Crippen LogP contribution is 2.28. The van der Waals surface area contributed by atoms with E-state index in [2.05, 4.69) is 4.98 Å². The lowest BCUT2D eigenvalue weighted by Gasteiger charge is -2.32. The van der Waals surface area contributed by atoms with E-state index in [1.54, 1.807) is 17.6 Å². The molecule has 0 spiro atoms. The predicted octanol–water partition coefficient (Wildman–Crippen LogP) is 4.60. The molecule has 1 amide bonds. The average Bonchev–Trinajstić information content (AvgIpc) is 3.14. The van der Waals surface area contributed by atoms with Crippen molar-refractivity contribution < 1.29 is 9.18 Å². The van der Waals surface area contributed by atoms with Crippen molar-refractivity contribution in [2.75, 3.05) is 13.1 Å². The fraction of sp³-hybridized carbons (Fsp3) is 0.318. The molecule has 144 valence electrons. The molecule has 1 atom stereocenters. The Bertz CT molecular complexity index is 987. The van der Waals surface area contributed by atoms with Crippen LogP contribution in [0.25, 0.3) is 0 Å². The minimum absolute atomic E-state index is 0.0700. The van der Waals surface area contributed by atoms with Gasteiger partial charge in [-0.05, 0) is 49.6 Å². The van der Waals surface area contributed by atoms with Crippen LogP contribution >= 0.6 is 11.3 Å². The highest BCUT2D eigenvalue weighted by Gasteiger charge is 2.28. The number of halogens is 1. The number of likely N-dealkylation sites (tertiary alicyclic amines) is 1. The van der Waals surface area contributed by atoms with E-state index in [4.69, 9.17) is 4.98 Å². The van der Waals surface area contributed by atoms with E-state index < -0.39 is 0 Å². The van der Waals surface area contributed by atoms with E-state index in [0.29, 0.717) is 13.0 Å². The molecular formula is C22H22FN3OS. The molecule has 4 rings (SSSR count). The summed E-state index contributed by atoms with van der Waals surface area (Å²) in [7, 11) is 0. The number of hydrogen-bond acceptors (Lipinski definition) is 4. The lowest BCUT2D eigenvalue weighted by Crippen LogP contribution is -2.39. The zero-order valence-corrected chi connectivity index (χ0v) is 16.6. The first-order valence-corrected chi connectivity index (χ1v) is 10.4. The van der Waals surface area contributed by atoms with Crippen LogP contribution < -0.4 is 0 Å². The molecule has 2 aromatic heterocycles. The number of thiazole rings is 1. The summed E-state index contributed by atoms with van der Waals surface area (Å²) in [6.07, 6.45) is 2.58. The lowest BCUT2D eigenvalue weighted by molar-refractivity contribution is 0.0710. The van der Waals surface area contributed by atoms with Gasteiger partial charge in [-0.15, -0.1) is 11.3 Å². The molecule has 1 aliphatic rings. The summed E-state index contributed by atoms with van der Waals surface area (Å²) in [4.78, 5) is 24.5. The Morgan fingerprint density at radius 3 is 2.93 bits per heavy atom. The molecule has 0 N–H and O–H groups in total. The molecule has 3 aromatic rings. The number of benzene rings is 1. The summed E-state index contributed by atoms with van der Waals surface area (Å²) in [5.74, 6) is 0.0625. The van der Waals surface area contributed by atoms with Crippen LogP contribution in [0.3, 0.4) is 0 Å². The minimum atomic E-state index is -0.228. The van der Waals surface area contributed by atoms with Crippen molar-refractivity contribution in [3.05, 3.63) is 81.3 Å². The summed E-state index contributed by atoms with van der Waals surface area (Å²) in [6.45, 7) is 3.32. The summed E-state index contributed by atoms with van der Waals surface area (Å²) in [5.41, 5.74) is 5.36. The predicted molar refractivity (Wildman–Crippen MR) is 108 cm³/mol. The van der Waals surface area contributed by atoms with Crippen LogP contribution in [0.2, 0.25) is 0 Å². The number of piperidine rings is 1. The number of aromatic nitrogens is 2. The van der Waals surface area contributed by atoms with Crippen molar-refractivity contribution in [2.24, 2.45) is 0 Å². The van der Waals surface area contributed by atoms with Crippen LogP contribution in [0, 0.1) is 12.7 Å². The second-order valence-electron chi connectivity index (χ2n) is 7.22. The highest BCUT2D eigenvalue weighted by atomic mass is 32.1. The third-order valence-electron chi connectivity index (χ3n) is 5.17. The summed E-state index contributed by atoms with van der Waals surface area (Å²) < 4.78 is 13.4. The van der Waals surface area contributed by atoms with Crippen molar-refractivity contribution in [3.63, 3.8) is 0 Å². The number of carbonyl (C=O) groups is 1. The summed E-state index contributed by atoms with van der Waals surface area (Å²) >= 11 is 1.40. The Hall–Kier alpha value is -2.60. The van der Waals surface area contributed by atoms with Crippen LogP contribution in [0.1, 0.15) is 51.1 Å². The van der Waals surface area contributed by atoms with Crippen LogP contribution in [-0.4, -0.2) is 33.9 Å². The van der Waals surface area contributed by atoms with Gasteiger partial charge in [0, 0.05) is 36.8 Å². The Kier molecular flexibility index (Phi) is 5.48. The van der Waals surface area contributed by atoms with Crippen molar-refractivity contribution in [1.29, 1.82) is 0 Å². The maximum Gasteiger partial charge on any atom is 0.265 e. The standard InChI is InChI=1S/C22H22FN3OS/c1-15-21(28-14-24-15)22(27)26-10-4-6-17(13-26)20-9-3-8-19(25-20)12-16-5-2-7-18(23)11-16/h2-3,5,7-9,11,14,17H,4,6,10,12-13H2,1H3/t17-/m1/s1. The van der Waals surface area contributed by atoms with Crippen molar-refractivity contribution in [2.45, 2.75) is 32.1 Å². The van der Waals surface area contributed by atoms with E-state index in [1.807, 2.05) is 36.1 Å². The van der Waals surface area contributed by atoms with Crippen LogP contribution in [0.15, 0.2) is 48.0 Å². The fourth-order valence-electron chi connectivity index (χ4n) is 3.73. The first-order valence-electron chi connectivity index (χ1n) is 9.50. The molecular weight excluding hydrogens is 373 g/mol. The topological polar surface area (TPSA) is 46.1 Å². The molecule has 4 nitrogen and oxygen atoms in total. The smallest absolute Gasteiger partial charge is 0.265 e. The Morgan fingerprint density at radius 1 is 1.29 bits per heavy atom. The number of rotatable bonds is 4. The Labute approximate surface area is 168 Å². The highest BCUT2D eigenvalue weighted by molar-refractivity contribution is 7.11. The summed E-state index contributed by atoms with van der Waals surface area (Å²) in [6, 6.07) is 12.6. The quantitative estimate of drug-likeness (QED) is 0.649. The maximum atomic E-state index is 13.4. The molecule has 1 aliphatic heterocycles. The van der Waals surface area contributed by atoms with Gasteiger partial charge in [0.2, 0.25) is 0 Å². The van der Waals surface area contributed by atoms with E-state index in [1.165, 1.54) is 17.4 Å². The van der Waals surface area contributed by atoms with Gasteiger partial charge in [0.25, 0.3) is 5.91 Å². The van der Waals surface area contributed by atoms with E-state index in [0.717, 1.165) is 46.9 Å². The molecule has 28 heavy (non-hydrogen) atoms. The second kappa shape index (κ2) is 8.19. The number of amides is 1. The van der Waals surface area contributed by atoms with Gasteiger partial charge in [-0.2, -0.15) is 0 Å². The van der Waals surface area contributed by atoms with Crippen molar-refractivity contribution in [3.8, 4) is 0 Å². The molecule has 0 bridgehead atoms. The van der Waals surface area contributed by atoms with E-state index >= 15 is 0 Å². The van der Waals surface area contributed by atoms with Gasteiger partial charge in [-0.1, -0.05) is 18.2 Å². The second-order valence-corrected chi connectivity index (χ2v) is 8.07. The maximum absolute atomic E-state index is 13.4. The Morgan fingerprint density at radius 2 is 2.14 bits per heavy atom. The molecule has 0 radical (unpaired) electrons. The molecule has 1 aromatic carbocycles. The molecule has 0 saturated carbocycles. The molecule has 3 heterocycles. The number of hydrogen-bond donors (Lipinski definition) is 0. The minimum Gasteiger partial charge on any atom is -0.337 e. The zero-order valence-electron chi connectivity index (χ0n) is 15.8. The van der Waals surface area contributed by atoms with Crippen LogP contribution in [0.5, 0.6) is 0 Å². The average molecular weight is 396 g/mol. The molecule has 1 saturated heterocycles. The SMILES string of the molecule is Cc1ncsc1C(=O)N1CCC[C@@H](c2cccc(Cc3cccc(F)c3)n2)C1. The van der Waals surface area contributed by atoms with Gasteiger partial charge >= 0.3 is 0 Å². The number of carbonyl (C=O) groups excluding carboxylic acids is 1. The van der Waals surface area contributed by atoms with Crippen molar-refractivity contribution in [1.82, 2.24) is 14.9 Å². The molecule has 6 heteroatoms. The third-order valence-corrected chi connectivity index (χ3v) is 6.09. The van der Waals surface area contributed by atoms with E-state index in [9.17, 15) is 9.18 Å². The normalized spacial score (nSPS) is 16.9. The van der Waals surface area contributed by atoms with Gasteiger partial charge in [-0.25, -0.2) is 9.37 Å². The molecule has 0 unspecified atom stereocenters. The first-order chi connectivity index (χ1) is 13.6. The third kappa shape index (κ3) is 4.12. The van der Waals surface area contributed by atoms with Gasteiger partial charge in [-0.3, -0.25) is 9.78 Å². The number of aryl methyl sites for hydroxylation is 1. The molecule has 1 fully saturated rings. The van der Waals surface area contributed by atoms with Crippen LogP contribution in [-0.2, 0) is 6.42 Å². The number of pyridine rings is 1. The zero-order chi connectivity index (χ0) is 19.5. The monoisotopic (exact) mass is 395 g/mol. The molecule has 0 aliphatic carbocycles. The fourth-order valence-corrected chi connectivity index (χ4v) is 4.50. The van der Waals surface area contributed by atoms with Gasteiger partial charge in [0.15, 0.2) is 0 Å². The van der Waals surface area contributed by atoms with Crippen LogP contribution in [0.4, 0.5) is 4.39 Å². The number of nitrogens with zero attached hydrogens (tertiary/aromatic N) is 3. The largest absolute Gasteiger partial charge is 0.337 e. The van der Waals surface area contributed by atoms with Crippen molar-refractivity contribution >= 4 is 17.2 Å². The van der Waals surface area contributed by atoms with Gasteiger partial charge in [0.1, 0.15) is 10.7 Å². The Balaban J connectivity index is 1.49. The van der Waals surface area contributed by atoms with E-state index in [-0.39, 0.29) is 17.6 Å². The van der Waals surface area contributed by atoms with Gasteiger partial charge < -0.3 is 4.90 Å². The van der Waals surface area contributed by atoms with Gasteiger partial charge in [0.05, 0.1) is 11.2 Å².